The fraction of sp³-hybridized carbons (Fsp3) is 0.333. The number of rotatable bonds is 4. The second-order valence-corrected chi connectivity index (χ2v) is 5.37. The van der Waals surface area contributed by atoms with Crippen molar-refractivity contribution in [2.75, 3.05) is 11.9 Å². The quantitative estimate of drug-likeness (QED) is 0.788. The number of anilines is 2. The molecule has 4 heteroatoms. The van der Waals surface area contributed by atoms with Gasteiger partial charge in [0.1, 0.15) is 16.2 Å². The second kappa shape index (κ2) is 6.15. The Labute approximate surface area is 122 Å². The molecule has 0 fully saturated rings. The van der Waals surface area contributed by atoms with Crippen LogP contribution in [-0.2, 0) is 6.42 Å². The molecule has 0 N–H and O–H groups in total. The summed E-state index contributed by atoms with van der Waals surface area (Å²) in [5.41, 5.74) is 2.40. The Hall–Kier alpha value is -1.42. The predicted molar refractivity (Wildman–Crippen MR) is 83.0 cm³/mol. The molecule has 3 nitrogen and oxygen atoms in total. The van der Waals surface area contributed by atoms with E-state index < -0.39 is 0 Å². The van der Waals surface area contributed by atoms with Crippen LogP contribution >= 0.6 is 15.9 Å². The van der Waals surface area contributed by atoms with Gasteiger partial charge in [-0.1, -0.05) is 25.1 Å². The monoisotopic (exact) mass is 319 g/mol. The van der Waals surface area contributed by atoms with Gasteiger partial charge in [0, 0.05) is 25.2 Å². The first-order chi connectivity index (χ1) is 9.11. The van der Waals surface area contributed by atoms with Gasteiger partial charge in [0.2, 0.25) is 0 Å². The number of hydrogen-bond donors (Lipinski definition) is 0. The largest absolute Gasteiger partial charge is 0.329 e. The Balaban J connectivity index is 2.38. The van der Waals surface area contributed by atoms with Gasteiger partial charge in [0.15, 0.2) is 0 Å². The van der Waals surface area contributed by atoms with Gasteiger partial charge in [-0.15, -0.1) is 0 Å². The lowest BCUT2D eigenvalue weighted by atomic mass is 10.2. The highest BCUT2D eigenvalue weighted by atomic mass is 79.9. The number of halogens is 1. The predicted octanol–water partition coefficient (Wildman–Crippen LogP) is 4.27. The van der Waals surface area contributed by atoms with Crippen molar-refractivity contribution in [3.63, 3.8) is 0 Å². The lowest BCUT2D eigenvalue weighted by molar-refractivity contribution is 0.825. The van der Waals surface area contributed by atoms with Gasteiger partial charge in [-0.05, 0) is 40.9 Å². The summed E-state index contributed by atoms with van der Waals surface area (Å²) in [6, 6.07) is 10.2. The SMILES string of the molecule is CCCc1nc(Br)cc(N(C)c2ccccc2C)n1. The first kappa shape index (κ1) is 14.0. The Bertz CT molecular complexity index is 569. The standard InChI is InChI=1S/C15H18BrN3/c1-4-7-14-17-13(16)10-15(18-14)19(3)12-9-6-5-8-11(12)2/h5-6,8-10H,4,7H2,1-3H3. The van der Waals surface area contributed by atoms with Crippen molar-refractivity contribution in [2.45, 2.75) is 26.7 Å². The molecule has 1 aromatic heterocycles. The molecule has 0 aliphatic rings. The fourth-order valence-electron chi connectivity index (χ4n) is 2.02. The molecular formula is C15H18BrN3. The molecule has 0 spiro atoms. The molecule has 0 unspecified atom stereocenters. The number of nitrogens with zero attached hydrogens (tertiary/aromatic N) is 3. The molecule has 0 saturated heterocycles. The van der Waals surface area contributed by atoms with Crippen molar-refractivity contribution < 1.29 is 0 Å². The van der Waals surface area contributed by atoms with Gasteiger partial charge in [-0.25, -0.2) is 9.97 Å². The highest BCUT2D eigenvalue weighted by molar-refractivity contribution is 9.10. The van der Waals surface area contributed by atoms with E-state index in [0.717, 1.165) is 34.8 Å². The minimum absolute atomic E-state index is 0.835. The van der Waals surface area contributed by atoms with Gasteiger partial charge < -0.3 is 4.90 Å². The van der Waals surface area contributed by atoms with E-state index >= 15 is 0 Å². The van der Waals surface area contributed by atoms with E-state index in [2.05, 4.69) is 56.8 Å². The van der Waals surface area contributed by atoms with Crippen LogP contribution < -0.4 is 4.90 Å². The Morgan fingerprint density at radius 3 is 2.63 bits per heavy atom. The third kappa shape index (κ3) is 3.32. The summed E-state index contributed by atoms with van der Waals surface area (Å²) in [6.07, 6.45) is 1.94. The van der Waals surface area contributed by atoms with Crippen LogP contribution in [-0.4, -0.2) is 17.0 Å². The van der Waals surface area contributed by atoms with Crippen molar-refractivity contribution in [3.05, 3.63) is 46.3 Å². The van der Waals surface area contributed by atoms with E-state index in [9.17, 15) is 0 Å². The highest BCUT2D eigenvalue weighted by Gasteiger charge is 2.10. The van der Waals surface area contributed by atoms with Gasteiger partial charge in [-0.3, -0.25) is 0 Å². The molecule has 0 aliphatic heterocycles. The molecule has 2 rings (SSSR count). The summed E-state index contributed by atoms with van der Waals surface area (Å²) in [5.74, 6) is 1.80. The third-order valence-corrected chi connectivity index (χ3v) is 3.43. The van der Waals surface area contributed by atoms with Crippen LogP contribution in [0.5, 0.6) is 0 Å². The highest BCUT2D eigenvalue weighted by Crippen LogP contribution is 2.26. The van der Waals surface area contributed by atoms with Crippen molar-refractivity contribution in [3.8, 4) is 0 Å². The molecule has 0 radical (unpaired) electrons. The topological polar surface area (TPSA) is 29.0 Å². The number of aryl methyl sites for hydroxylation is 2. The summed E-state index contributed by atoms with van der Waals surface area (Å²) in [7, 11) is 2.03. The van der Waals surface area contributed by atoms with E-state index in [4.69, 9.17) is 0 Å². The minimum Gasteiger partial charge on any atom is -0.329 e. The van der Waals surface area contributed by atoms with Crippen LogP contribution in [0.2, 0.25) is 0 Å². The number of para-hydroxylation sites is 1. The summed E-state index contributed by atoms with van der Waals surface area (Å²) < 4.78 is 0.835. The molecule has 2 aromatic rings. The molecule has 19 heavy (non-hydrogen) atoms. The normalized spacial score (nSPS) is 10.5. The van der Waals surface area contributed by atoms with E-state index in [1.54, 1.807) is 0 Å². The van der Waals surface area contributed by atoms with Crippen LogP contribution in [0.4, 0.5) is 11.5 Å². The van der Waals surface area contributed by atoms with Gasteiger partial charge in [-0.2, -0.15) is 0 Å². The number of aromatic nitrogens is 2. The van der Waals surface area contributed by atoms with Gasteiger partial charge in [0.25, 0.3) is 0 Å². The summed E-state index contributed by atoms with van der Waals surface area (Å²) >= 11 is 3.46. The Morgan fingerprint density at radius 2 is 1.95 bits per heavy atom. The van der Waals surface area contributed by atoms with Gasteiger partial charge in [0.05, 0.1) is 0 Å². The zero-order chi connectivity index (χ0) is 13.8. The Morgan fingerprint density at radius 1 is 1.21 bits per heavy atom. The molecular weight excluding hydrogens is 302 g/mol. The van der Waals surface area contributed by atoms with Crippen LogP contribution in [0.15, 0.2) is 34.9 Å². The molecule has 0 amide bonds. The van der Waals surface area contributed by atoms with Crippen LogP contribution in [0.3, 0.4) is 0 Å². The maximum atomic E-state index is 4.63. The molecule has 0 aliphatic carbocycles. The lowest BCUT2D eigenvalue weighted by Gasteiger charge is -2.21. The van der Waals surface area contributed by atoms with Crippen LogP contribution in [0, 0.1) is 6.92 Å². The molecule has 0 saturated carbocycles. The first-order valence-electron chi connectivity index (χ1n) is 6.44. The van der Waals surface area contributed by atoms with Crippen LogP contribution in [0.1, 0.15) is 24.7 Å². The average molecular weight is 320 g/mol. The zero-order valence-corrected chi connectivity index (χ0v) is 13.1. The number of benzene rings is 1. The maximum Gasteiger partial charge on any atom is 0.137 e. The molecule has 1 heterocycles. The summed E-state index contributed by atoms with van der Waals surface area (Å²) in [4.78, 5) is 11.1. The van der Waals surface area contributed by atoms with Crippen molar-refractivity contribution in [2.24, 2.45) is 0 Å². The second-order valence-electron chi connectivity index (χ2n) is 4.56. The smallest absolute Gasteiger partial charge is 0.137 e. The van der Waals surface area contributed by atoms with Gasteiger partial charge >= 0.3 is 0 Å². The molecule has 0 atom stereocenters. The maximum absolute atomic E-state index is 4.63. The van der Waals surface area contributed by atoms with Crippen molar-refractivity contribution in [1.29, 1.82) is 0 Å². The molecule has 0 bridgehead atoms. The van der Waals surface area contributed by atoms with Crippen molar-refractivity contribution >= 4 is 27.4 Å². The molecule has 1 aromatic carbocycles. The average Bonchev–Trinajstić information content (AvgIpc) is 2.38. The lowest BCUT2D eigenvalue weighted by Crippen LogP contribution is -2.14. The van der Waals surface area contributed by atoms with E-state index in [1.807, 2.05) is 25.2 Å². The van der Waals surface area contributed by atoms with Crippen molar-refractivity contribution in [1.82, 2.24) is 9.97 Å². The fourth-order valence-corrected chi connectivity index (χ4v) is 2.43. The van der Waals surface area contributed by atoms with E-state index in [1.165, 1.54) is 5.56 Å². The Kier molecular flexibility index (Phi) is 4.53. The minimum atomic E-state index is 0.835. The van der Waals surface area contributed by atoms with E-state index in [-0.39, 0.29) is 0 Å². The zero-order valence-electron chi connectivity index (χ0n) is 11.5. The van der Waals surface area contributed by atoms with E-state index in [0.29, 0.717) is 0 Å². The van der Waals surface area contributed by atoms with Crippen LogP contribution in [0.25, 0.3) is 0 Å². The molecule has 100 valence electrons. The number of hydrogen-bond acceptors (Lipinski definition) is 3. The summed E-state index contributed by atoms with van der Waals surface area (Å²) in [5, 5.41) is 0. The first-order valence-corrected chi connectivity index (χ1v) is 7.24. The summed E-state index contributed by atoms with van der Waals surface area (Å²) in [6.45, 7) is 4.24. The third-order valence-electron chi connectivity index (χ3n) is 3.02.